The summed E-state index contributed by atoms with van der Waals surface area (Å²) >= 11 is 1.56. The van der Waals surface area contributed by atoms with E-state index in [0.29, 0.717) is 23.5 Å². The van der Waals surface area contributed by atoms with Crippen LogP contribution in [0.3, 0.4) is 0 Å². The van der Waals surface area contributed by atoms with Crippen molar-refractivity contribution in [3.63, 3.8) is 0 Å². The monoisotopic (exact) mass is 374 g/mol. The molecule has 0 atom stereocenters. The van der Waals surface area contributed by atoms with Crippen molar-refractivity contribution in [2.24, 2.45) is 0 Å². The number of nitrogens with one attached hydrogen (secondary N) is 1. The summed E-state index contributed by atoms with van der Waals surface area (Å²) in [5, 5.41) is 11.6. The molecule has 1 N–H and O–H groups in total. The third-order valence-electron chi connectivity index (χ3n) is 3.70. The Balaban J connectivity index is 1.65. The molecule has 3 aromatic carbocycles. The number of hydrogen-bond acceptors (Lipinski definition) is 4. The van der Waals surface area contributed by atoms with Crippen molar-refractivity contribution in [2.75, 3.05) is 11.1 Å². The molecule has 0 aliphatic rings. The first-order valence-electron chi connectivity index (χ1n) is 8.49. The zero-order valence-electron chi connectivity index (χ0n) is 14.6. The smallest absolute Gasteiger partial charge is 0.255 e. The van der Waals surface area contributed by atoms with E-state index in [9.17, 15) is 4.79 Å². The van der Waals surface area contributed by atoms with Gasteiger partial charge in [-0.05, 0) is 48.5 Å². The van der Waals surface area contributed by atoms with E-state index in [1.54, 1.807) is 36.0 Å². The third-order valence-corrected chi connectivity index (χ3v) is 4.78. The molecule has 3 rings (SSSR count). The Bertz CT molecular complexity index is 935. The van der Waals surface area contributed by atoms with Crippen molar-refractivity contribution in [2.45, 2.75) is 11.3 Å². The summed E-state index contributed by atoms with van der Waals surface area (Å²) in [6.07, 6.45) is 0.468. The van der Waals surface area contributed by atoms with Crippen molar-refractivity contribution < 1.29 is 9.53 Å². The Labute approximate surface area is 162 Å². The van der Waals surface area contributed by atoms with E-state index in [2.05, 4.69) is 11.4 Å². The van der Waals surface area contributed by atoms with E-state index in [4.69, 9.17) is 10.00 Å². The first-order valence-corrected chi connectivity index (χ1v) is 9.48. The van der Waals surface area contributed by atoms with Gasteiger partial charge in [-0.1, -0.05) is 30.3 Å². The zero-order chi connectivity index (χ0) is 18.9. The van der Waals surface area contributed by atoms with E-state index in [-0.39, 0.29) is 5.91 Å². The van der Waals surface area contributed by atoms with Crippen molar-refractivity contribution in [3.8, 4) is 17.6 Å². The lowest BCUT2D eigenvalue weighted by Crippen LogP contribution is -2.12. The van der Waals surface area contributed by atoms with Crippen LogP contribution in [0.5, 0.6) is 11.5 Å². The number of hydrogen-bond donors (Lipinski definition) is 1. The molecule has 0 radical (unpaired) electrons. The predicted molar refractivity (Wildman–Crippen MR) is 108 cm³/mol. The van der Waals surface area contributed by atoms with E-state index < -0.39 is 0 Å². The highest BCUT2D eigenvalue weighted by Crippen LogP contribution is 2.28. The SMILES string of the molecule is N#CCCSc1ccccc1NC(=O)c1ccc(Oc2ccccc2)cc1. The quantitative estimate of drug-likeness (QED) is 0.423. The molecule has 27 heavy (non-hydrogen) atoms. The van der Waals surface area contributed by atoms with Crippen LogP contribution in [0, 0.1) is 11.3 Å². The molecule has 0 aromatic heterocycles. The van der Waals surface area contributed by atoms with Gasteiger partial charge in [-0.25, -0.2) is 0 Å². The maximum absolute atomic E-state index is 12.6. The summed E-state index contributed by atoms with van der Waals surface area (Å²) in [6.45, 7) is 0. The molecule has 1 amide bonds. The van der Waals surface area contributed by atoms with E-state index in [1.807, 2.05) is 54.6 Å². The Morgan fingerprint density at radius 3 is 2.33 bits per heavy atom. The number of amides is 1. The molecule has 0 heterocycles. The Hall–Kier alpha value is -3.23. The van der Waals surface area contributed by atoms with Crippen LogP contribution in [0.25, 0.3) is 0 Å². The number of carbonyl (C=O) groups excluding carboxylic acids is 1. The zero-order valence-corrected chi connectivity index (χ0v) is 15.4. The lowest BCUT2D eigenvalue weighted by atomic mass is 10.2. The summed E-state index contributed by atoms with van der Waals surface area (Å²) in [5.41, 5.74) is 1.29. The highest BCUT2D eigenvalue weighted by atomic mass is 32.2. The first-order chi connectivity index (χ1) is 13.3. The van der Waals surface area contributed by atoms with Crippen LogP contribution in [0.2, 0.25) is 0 Å². The fourth-order valence-electron chi connectivity index (χ4n) is 2.40. The maximum atomic E-state index is 12.6. The molecule has 3 aromatic rings. The van der Waals surface area contributed by atoms with E-state index >= 15 is 0 Å². The molecule has 0 spiro atoms. The second-order valence-corrected chi connectivity index (χ2v) is 6.78. The largest absolute Gasteiger partial charge is 0.457 e. The standard InChI is InChI=1S/C22H18N2O2S/c23-15-6-16-27-21-10-5-4-9-20(21)24-22(25)17-11-13-19(14-12-17)26-18-7-2-1-3-8-18/h1-5,7-14H,6,16H2,(H,24,25). The van der Waals surface area contributed by atoms with Gasteiger partial charge in [0, 0.05) is 22.6 Å². The number of ether oxygens (including phenoxy) is 1. The number of thioether (sulfide) groups is 1. The number of benzene rings is 3. The van der Waals surface area contributed by atoms with Crippen LogP contribution >= 0.6 is 11.8 Å². The van der Waals surface area contributed by atoms with Gasteiger partial charge < -0.3 is 10.1 Å². The Kier molecular flexibility index (Phi) is 6.50. The highest BCUT2D eigenvalue weighted by molar-refractivity contribution is 7.99. The normalized spacial score (nSPS) is 10.0. The van der Waals surface area contributed by atoms with Gasteiger partial charge in [0.15, 0.2) is 0 Å². The summed E-state index contributed by atoms with van der Waals surface area (Å²) < 4.78 is 5.74. The number of anilines is 1. The van der Waals surface area contributed by atoms with Gasteiger partial charge in [0.1, 0.15) is 11.5 Å². The Morgan fingerprint density at radius 2 is 1.59 bits per heavy atom. The average Bonchev–Trinajstić information content (AvgIpc) is 2.71. The number of rotatable bonds is 7. The molecule has 134 valence electrons. The molecule has 0 bridgehead atoms. The average molecular weight is 374 g/mol. The van der Waals surface area contributed by atoms with E-state index in [1.165, 1.54) is 0 Å². The predicted octanol–water partition coefficient (Wildman–Crippen LogP) is 5.74. The fourth-order valence-corrected chi connectivity index (χ4v) is 3.26. The van der Waals surface area contributed by atoms with Crippen LogP contribution in [0.15, 0.2) is 83.8 Å². The molecule has 0 aliphatic heterocycles. The molecule has 0 aliphatic carbocycles. The topological polar surface area (TPSA) is 62.1 Å². The number of carbonyl (C=O) groups is 1. The second-order valence-electron chi connectivity index (χ2n) is 5.65. The van der Waals surface area contributed by atoms with Crippen molar-refractivity contribution in [1.29, 1.82) is 5.26 Å². The minimum absolute atomic E-state index is 0.186. The summed E-state index contributed by atoms with van der Waals surface area (Å²) in [5.74, 6) is 1.92. The molecule has 0 saturated carbocycles. The third kappa shape index (κ3) is 5.37. The number of nitriles is 1. The minimum Gasteiger partial charge on any atom is -0.457 e. The van der Waals surface area contributed by atoms with Gasteiger partial charge in [-0.2, -0.15) is 5.26 Å². The molecule has 0 unspecified atom stereocenters. The summed E-state index contributed by atoms with van der Waals surface area (Å²) in [4.78, 5) is 13.5. The fraction of sp³-hybridized carbons (Fsp3) is 0.0909. The maximum Gasteiger partial charge on any atom is 0.255 e. The summed E-state index contributed by atoms with van der Waals surface area (Å²) in [7, 11) is 0. The lowest BCUT2D eigenvalue weighted by molar-refractivity contribution is 0.102. The van der Waals surface area contributed by atoms with Crippen LogP contribution in [-0.4, -0.2) is 11.7 Å². The first kappa shape index (κ1) is 18.6. The summed E-state index contributed by atoms with van der Waals surface area (Å²) in [6, 6.07) is 26.2. The van der Waals surface area contributed by atoms with Gasteiger partial charge in [-0.3, -0.25) is 4.79 Å². The molecule has 5 heteroatoms. The van der Waals surface area contributed by atoms with Gasteiger partial charge in [0.2, 0.25) is 0 Å². The van der Waals surface area contributed by atoms with Crippen LogP contribution in [0.1, 0.15) is 16.8 Å². The number of nitrogens with zero attached hydrogens (tertiary/aromatic N) is 1. The highest BCUT2D eigenvalue weighted by Gasteiger charge is 2.10. The second kappa shape index (κ2) is 9.46. The van der Waals surface area contributed by atoms with Crippen molar-refractivity contribution in [1.82, 2.24) is 0 Å². The molecular weight excluding hydrogens is 356 g/mol. The van der Waals surface area contributed by atoms with Crippen LogP contribution < -0.4 is 10.1 Å². The van der Waals surface area contributed by atoms with Gasteiger partial charge >= 0.3 is 0 Å². The van der Waals surface area contributed by atoms with Crippen molar-refractivity contribution in [3.05, 3.63) is 84.4 Å². The molecule has 4 nitrogen and oxygen atoms in total. The van der Waals surface area contributed by atoms with Crippen LogP contribution in [-0.2, 0) is 0 Å². The van der Waals surface area contributed by atoms with Gasteiger partial charge in [-0.15, -0.1) is 11.8 Å². The lowest BCUT2D eigenvalue weighted by Gasteiger charge is -2.11. The molecule has 0 saturated heterocycles. The Morgan fingerprint density at radius 1 is 0.926 bits per heavy atom. The number of para-hydroxylation sites is 2. The van der Waals surface area contributed by atoms with Gasteiger partial charge in [0.05, 0.1) is 11.8 Å². The molecular formula is C22H18N2O2S. The minimum atomic E-state index is -0.186. The van der Waals surface area contributed by atoms with Crippen LogP contribution in [0.4, 0.5) is 5.69 Å². The van der Waals surface area contributed by atoms with Gasteiger partial charge in [0.25, 0.3) is 5.91 Å². The molecule has 0 fully saturated rings. The van der Waals surface area contributed by atoms with E-state index in [0.717, 1.165) is 16.3 Å². The van der Waals surface area contributed by atoms with Crippen molar-refractivity contribution >= 4 is 23.4 Å².